The van der Waals surface area contributed by atoms with Crippen LogP contribution in [0, 0.1) is 0 Å². The Labute approximate surface area is 134 Å². The zero-order valence-corrected chi connectivity index (χ0v) is 13.3. The number of carbonyl (C=O) groups is 1. The molecule has 1 N–H and O–H groups in total. The predicted molar refractivity (Wildman–Crippen MR) is 88.0 cm³/mol. The van der Waals surface area contributed by atoms with Crippen LogP contribution in [0.2, 0.25) is 0 Å². The topological polar surface area (TPSA) is 58.1 Å². The van der Waals surface area contributed by atoms with Crippen LogP contribution in [0.25, 0.3) is 0 Å². The molecular formula is C16H20N4OS. The first-order valence-electron chi connectivity index (χ1n) is 7.63. The summed E-state index contributed by atoms with van der Waals surface area (Å²) in [4.78, 5) is 22.8. The Morgan fingerprint density at radius 1 is 1.41 bits per heavy atom. The van der Waals surface area contributed by atoms with E-state index in [0.29, 0.717) is 6.42 Å². The largest absolute Gasteiger partial charge is 0.352 e. The number of hydrogen-bond acceptors (Lipinski definition) is 5. The molecule has 0 spiro atoms. The average molecular weight is 316 g/mol. The van der Waals surface area contributed by atoms with Crippen molar-refractivity contribution in [2.24, 2.45) is 0 Å². The van der Waals surface area contributed by atoms with Gasteiger partial charge in [-0.1, -0.05) is 0 Å². The van der Waals surface area contributed by atoms with Gasteiger partial charge in [0.05, 0.1) is 0 Å². The SMILES string of the molecule is O=C(CCc1ccsc1)N[C@H]1CCCN(c2ncccn2)C1. The van der Waals surface area contributed by atoms with Gasteiger partial charge < -0.3 is 10.2 Å². The van der Waals surface area contributed by atoms with Crippen LogP contribution in [0.1, 0.15) is 24.8 Å². The minimum Gasteiger partial charge on any atom is -0.352 e. The fourth-order valence-electron chi connectivity index (χ4n) is 2.72. The van der Waals surface area contributed by atoms with E-state index < -0.39 is 0 Å². The Hall–Kier alpha value is -1.95. The highest BCUT2D eigenvalue weighted by Gasteiger charge is 2.22. The summed E-state index contributed by atoms with van der Waals surface area (Å²) < 4.78 is 0. The van der Waals surface area contributed by atoms with Gasteiger partial charge in [-0.2, -0.15) is 11.3 Å². The van der Waals surface area contributed by atoms with Crippen molar-refractivity contribution >= 4 is 23.2 Å². The fourth-order valence-corrected chi connectivity index (χ4v) is 3.43. The van der Waals surface area contributed by atoms with Crippen molar-refractivity contribution in [2.45, 2.75) is 31.7 Å². The second kappa shape index (κ2) is 7.35. The van der Waals surface area contributed by atoms with E-state index in [2.05, 4.69) is 31.6 Å². The highest BCUT2D eigenvalue weighted by atomic mass is 32.1. The summed E-state index contributed by atoms with van der Waals surface area (Å²) in [7, 11) is 0. The number of nitrogens with one attached hydrogen (secondary N) is 1. The molecule has 2 aromatic rings. The molecule has 1 saturated heterocycles. The number of nitrogens with zero attached hydrogens (tertiary/aromatic N) is 3. The summed E-state index contributed by atoms with van der Waals surface area (Å²) in [5.74, 6) is 0.881. The monoisotopic (exact) mass is 316 g/mol. The third-order valence-corrected chi connectivity index (χ3v) is 4.57. The van der Waals surface area contributed by atoms with Gasteiger partial charge in [-0.25, -0.2) is 9.97 Å². The summed E-state index contributed by atoms with van der Waals surface area (Å²) in [6.07, 6.45) is 6.95. The molecule has 0 radical (unpaired) electrons. The first-order chi connectivity index (χ1) is 10.8. The minimum absolute atomic E-state index is 0.132. The number of amides is 1. The predicted octanol–water partition coefficient (Wildman–Crippen LogP) is 2.26. The van der Waals surface area contributed by atoms with E-state index in [9.17, 15) is 4.79 Å². The molecule has 0 saturated carbocycles. The Kier molecular flexibility index (Phi) is 5.00. The van der Waals surface area contributed by atoms with Crippen LogP contribution in [-0.2, 0) is 11.2 Å². The third-order valence-electron chi connectivity index (χ3n) is 3.84. The lowest BCUT2D eigenvalue weighted by atomic mass is 10.1. The maximum absolute atomic E-state index is 12.1. The van der Waals surface area contributed by atoms with Crippen molar-refractivity contribution in [3.8, 4) is 0 Å². The number of aryl methyl sites for hydroxylation is 1. The van der Waals surface area contributed by atoms with Gasteiger partial charge in [-0.05, 0) is 47.7 Å². The lowest BCUT2D eigenvalue weighted by Crippen LogP contribution is -2.48. The molecule has 1 fully saturated rings. The summed E-state index contributed by atoms with van der Waals surface area (Å²) in [6, 6.07) is 4.08. The zero-order chi connectivity index (χ0) is 15.2. The highest BCUT2D eigenvalue weighted by Crippen LogP contribution is 2.15. The molecule has 1 aliphatic heterocycles. The van der Waals surface area contributed by atoms with E-state index in [1.165, 1.54) is 5.56 Å². The number of thiophene rings is 1. The van der Waals surface area contributed by atoms with E-state index >= 15 is 0 Å². The van der Waals surface area contributed by atoms with Gasteiger partial charge in [0.1, 0.15) is 0 Å². The summed E-state index contributed by atoms with van der Waals surface area (Å²) >= 11 is 1.67. The third kappa shape index (κ3) is 4.04. The normalized spacial score (nSPS) is 18.2. The molecule has 0 unspecified atom stereocenters. The van der Waals surface area contributed by atoms with Crippen molar-refractivity contribution in [1.82, 2.24) is 15.3 Å². The zero-order valence-electron chi connectivity index (χ0n) is 12.4. The molecule has 1 atom stereocenters. The van der Waals surface area contributed by atoms with Crippen molar-refractivity contribution in [3.63, 3.8) is 0 Å². The highest BCUT2D eigenvalue weighted by molar-refractivity contribution is 7.07. The number of hydrogen-bond donors (Lipinski definition) is 1. The van der Waals surface area contributed by atoms with Gasteiger partial charge in [0.2, 0.25) is 11.9 Å². The Morgan fingerprint density at radius 2 is 2.27 bits per heavy atom. The molecule has 1 aliphatic rings. The molecule has 2 aromatic heterocycles. The van der Waals surface area contributed by atoms with Gasteiger partial charge in [-0.15, -0.1) is 0 Å². The van der Waals surface area contributed by atoms with Gasteiger partial charge in [0, 0.05) is 37.9 Å². The lowest BCUT2D eigenvalue weighted by Gasteiger charge is -2.33. The molecule has 0 aromatic carbocycles. The molecule has 3 heterocycles. The van der Waals surface area contributed by atoms with E-state index in [0.717, 1.165) is 38.3 Å². The molecule has 0 aliphatic carbocycles. The number of anilines is 1. The number of carbonyl (C=O) groups excluding carboxylic acids is 1. The molecule has 3 rings (SSSR count). The van der Waals surface area contributed by atoms with Crippen molar-refractivity contribution < 1.29 is 4.79 Å². The molecule has 22 heavy (non-hydrogen) atoms. The van der Waals surface area contributed by atoms with Crippen LogP contribution >= 0.6 is 11.3 Å². The molecule has 1 amide bonds. The van der Waals surface area contributed by atoms with E-state index in [-0.39, 0.29) is 11.9 Å². The van der Waals surface area contributed by atoms with Crippen molar-refractivity contribution in [1.29, 1.82) is 0 Å². The number of rotatable bonds is 5. The van der Waals surface area contributed by atoms with Crippen molar-refractivity contribution in [3.05, 3.63) is 40.8 Å². The maximum atomic E-state index is 12.1. The second-order valence-corrected chi connectivity index (χ2v) is 6.31. The van der Waals surface area contributed by atoms with Crippen LogP contribution in [0.3, 0.4) is 0 Å². The second-order valence-electron chi connectivity index (χ2n) is 5.53. The minimum atomic E-state index is 0.132. The average Bonchev–Trinajstić information content (AvgIpc) is 3.08. The Morgan fingerprint density at radius 3 is 3.05 bits per heavy atom. The first kappa shape index (κ1) is 15.0. The lowest BCUT2D eigenvalue weighted by molar-refractivity contribution is -0.121. The van der Waals surface area contributed by atoms with E-state index in [4.69, 9.17) is 0 Å². The number of piperidine rings is 1. The summed E-state index contributed by atoms with van der Waals surface area (Å²) in [6.45, 7) is 1.74. The molecule has 6 heteroatoms. The first-order valence-corrected chi connectivity index (χ1v) is 8.58. The maximum Gasteiger partial charge on any atom is 0.225 e. The van der Waals surface area contributed by atoms with Gasteiger partial charge in [0.15, 0.2) is 0 Å². The summed E-state index contributed by atoms with van der Waals surface area (Å²) in [5.41, 5.74) is 1.24. The molecule has 0 bridgehead atoms. The van der Waals surface area contributed by atoms with Crippen molar-refractivity contribution in [2.75, 3.05) is 18.0 Å². The standard InChI is InChI=1S/C16H20N4OS/c21-15(5-4-13-6-10-22-12-13)19-14-3-1-9-20(11-14)16-17-7-2-8-18-16/h2,6-8,10,12,14H,1,3-5,9,11H2,(H,19,21)/t14-/m0/s1. The fraction of sp³-hybridized carbons (Fsp3) is 0.438. The quantitative estimate of drug-likeness (QED) is 0.919. The van der Waals surface area contributed by atoms with E-state index in [1.54, 1.807) is 23.7 Å². The van der Waals surface area contributed by atoms with Gasteiger partial charge >= 0.3 is 0 Å². The molecule has 116 valence electrons. The van der Waals surface area contributed by atoms with Crippen LogP contribution < -0.4 is 10.2 Å². The van der Waals surface area contributed by atoms with Crippen LogP contribution in [0.15, 0.2) is 35.3 Å². The summed E-state index contributed by atoms with van der Waals surface area (Å²) in [5, 5.41) is 7.30. The van der Waals surface area contributed by atoms with Crippen LogP contribution in [0.5, 0.6) is 0 Å². The molecular weight excluding hydrogens is 296 g/mol. The van der Waals surface area contributed by atoms with E-state index in [1.807, 2.05) is 11.4 Å². The Bertz CT molecular complexity index is 587. The van der Waals surface area contributed by atoms with Gasteiger partial charge in [0.25, 0.3) is 0 Å². The van der Waals surface area contributed by atoms with Crippen LogP contribution in [-0.4, -0.2) is 35.0 Å². The molecule has 5 nitrogen and oxygen atoms in total. The Balaban J connectivity index is 1.48. The number of aromatic nitrogens is 2. The van der Waals surface area contributed by atoms with Crippen LogP contribution in [0.4, 0.5) is 5.95 Å². The van der Waals surface area contributed by atoms with Gasteiger partial charge in [-0.3, -0.25) is 4.79 Å². The smallest absolute Gasteiger partial charge is 0.225 e.